The summed E-state index contributed by atoms with van der Waals surface area (Å²) >= 11 is 0. The maximum atomic E-state index is 14.5. The second kappa shape index (κ2) is 6.88. The van der Waals surface area contributed by atoms with Crippen molar-refractivity contribution in [3.63, 3.8) is 0 Å². The number of aryl methyl sites for hydroxylation is 1. The first kappa shape index (κ1) is 16.7. The molecular weight excluding hydrogens is 331 g/mol. The summed E-state index contributed by atoms with van der Waals surface area (Å²) < 4.78 is 14.5. The standard InChI is InChI=1S/C20H21FN4O/c1-13-3-2-4-17-19(13)15(20(26)24-17)12-23-14-5-6-18(16(21)11-14)25-9-7-22-8-10-25/h2-6,11-12,15,22H,7-10H2,1H3,(H,24,26). The maximum Gasteiger partial charge on any atom is 0.237 e. The monoisotopic (exact) mass is 352 g/mol. The summed E-state index contributed by atoms with van der Waals surface area (Å²) in [4.78, 5) is 18.6. The lowest BCUT2D eigenvalue weighted by atomic mass is 9.97. The van der Waals surface area contributed by atoms with E-state index in [4.69, 9.17) is 0 Å². The van der Waals surface area contributed by atoms with Gasteiger partial charge in [-0.05, 0) is 36.2 Å². The Morgan fingerprint density at radius 2 is 2.04 bits per heavy atom. The lowest BCUT2D eigenvalue weighted by Gasteiger charge is -2.29. The van der Waals surface area contributed by atoms with Crippen molar-refractivity contribution >= 4 is 29.2 Å². The van der Waals surface area contributed by atoms with Crippen molar-refractivity contribution in [1.29, 1.82) is 0 Å². The van der Waals surface area contributed by atoms with Crippen LogP contribution in [0.15, 0.2) is 41.4 Å². The zero-order valence-corrected chi connectivity index (χ0v) is 14.6. The van der Waals surface area contributed by atoms with E-state index in [0.717, 1.165) is 43.0 Å². The molecule has 2 aliphatic heterocycles. The third-order valence-corrected chi connectivity index (χ3v) is 4.94. The number of fused-ring (bicyclic) bond motifs is 1. The molecule has 1 unspecified atom stereocenters. The Bertz CT molecular complexity index is 874. The molecule has 0 aromatic heterocycles. The Hall–Kier alpha value is -2.73. The maximum absolute atomic E-state index is 14.5. The van der Waals surface area contributed by atoms with Crippen molar-refractivity contribution in [2.24, 2.45) is 4.99 Å². The molecule has 1 fully saturated rings. The molecule has 0 spiro atoms. The van der Waals surface area contributed by atoms with Crippen LogP contribution in [0.25, 0.3) is 0 Å². The van der Waals surface area contributed by atoms with Crippen LogP contribution in [-0.4, -0.2) is 38.3 Å². The van der Waals surface area contributed by atoms with Crippen molar-refractivity contribution < 1.29 is 9.18 Å². The Morgan fingerprint density at radius 1 is 1.23 bits per heavy atom. The van der Waals surface area contributed by atoms with Crippen LogP contribution in [0.1, 0.15) is 17.0 Å². The van der Waals surface area contributed by atoms with Crippen LogP contribution in [0, 0.1) is 12.7 Å². The zero-order valence-electron chi connectivity index (χ0n) is 14.6. The van der Waals surface area contributed by atoms with Crippen LogP contribution < -0.4 is 15.5 Å². The molecule has 1 atom stereocenters. The number of hydrogen-bond acceptors (Lipinski definition) is 4. The van der Waals surface area contributed by atoms with E-state index in [1.807, 2.05) is 30.0 Å². The van der Waals surface area contributed by atoms with Crippen LogP contribution in [0.3, 0.4) is 0 Å². The number of piperazine rings is 1. The minimum absolute atomic E-state index is 0.101. The summed E-state index contributed by atoms with van der Waals surface area (Å²) in [5.41, 5.74) is 3.92. The smallest absolute Gasteiger partial charge is 0.237 e. The van der Waals surface area contributed by atoms with E-state index in [2.05, 4.69) is 15.6 Å². The Kier molecular flexibility index (Phi) is 4.42. The Labute approximate surface area is 151 Å². The first-order chi connectivity index (χ1) is 12.6. The summed E-state index contributed by atoms with van der Waals surface area (Å²) in [6.45, 7) is 5.27. The van der Waals surface area contributed by atoms with E-state index < -0.39 is 5.92 Å². The molecule has 0 radical (unpaired) electrons. The van der Waals surface area contributed by atoms with Gasteiger partial charge >= 0.3 is 0 Å². The fourth-order valence-electron chi connectivity index (χ4n) is 3.59. The number of anilines is 2. The van der Waals surface area contributed by atoms with Gasteiger partial charge in [0.2, 0.25) is 5.91 Å². The highest BCUT2D eigenvalue weighted by atomic mass is 19.1. The van der Waals surface area contributed by atoms with Gasteiger partial charge in [0.15, 0.2) is 0 Å². The number of amides is 1. The first-order valence-electron chi connectivity index (χ1n) is 8.83. The quantitative estimate of drug-likeness (QED) is 0.835. The van der Waals surface area contributed by atoms with Crippen molar-refractivity contribution in [3.05, 3.63) is 53.3 Å². The largest absolute Gasteiger partial charge is 0.367 e. The molecule has 5 nitrogen and oxygen atoms in total. The predicted octanol–water partition coefficient (Wildman–Crippen LogP) is 2.98. The number of nitrogens with one attached hydrogen (secondary N) is 2. The normalized spacial score (nSPS) is 19.7. The number of benzene rings is 2. The van der Waals surface area contributed by atoms with E-state index in [1.54, 1.807) is 18.3 Å². The molecule has 4 rings (SSSR count). The van der Waals surface area contributed by atoms with E-state index >= 15 is 0 Å². The van der Waals surface area contributed by atoms with E-state index in [9.17, 15) is 9.18 Å². The Balaban J connectivity index is 1.56. The highest BCUT2D eigenvalue weighted by Gasteiger charge is 2.30. The van der Waals surface area contributed by atoms with E-state index in [1.165, 1.54) is 6.07 Å². The molecule has 134 valence electrons. The molecule has 2 N–H and O–H groups in total. The number of rotatable bonds is 3. The third kappa shape index (κ3) is 3.08. The van der Waals surface area contributed by atoms with Crippen molar-refractivity contribution in [3.8, 4) is 0 Å². The summed E-state index contributed by atoms with van der Waals surface area (Å²) in [5, 5.41) is 6.13. The molecule has 1 saturated heterocycles. The molecule has 6 heteroatoms. The van der Waals surface area contributed by atoms with Gasteiger partial charge < -0.3 is 15.5 Å². The van der Waals surface area contributed by atoms with Gasteiger partial charge in [-0.1, -0.05) is 12.1 Å². The van der Waals surface area contributed by atoms with Gasteiger partial charge in [0.25, 0.3) is 0 Å². The van der Waals surface area contributed by atoms with E-state index in [-0.39, 0.29) is 11.7 Å². The summed E-state index contributed by atoms with van der Waals surface area (Å²) in [7, 11) is 0. The van der Waals surface area contributed by atoms with Crippen LogP contribution in [0.4, 0.5) is 21.5 Å². The molecule has 26 heavy (non-hydrogen) atoms. The molecular formula is C20H21FN4O. The van der Waals surface area contributed by atoms with Crippen LogP contribution >= 0.6 is 0 Å². The number of nitrogens with zero attached hydrogens (tertiary/aromatic N) is 2. The molecule has 0 saturated carbocycles. The van der Waals surface area contributed by atoms with Crippen LogP contribution in [-0.2, 0) is 4.79 Å². The van der Waals surface area contributed by atoms with Gasteiger partial charge in [0, 0.05) is 44.1 Å². The predicted molar refractivity (Wildman–Crippen MR) is 102 cm³/mol. The van der Waals surface area contributed by atoms with Gasteiger partial charge in [-0.25, -0.2) is 4.39 Å². The molecule has 0 aliphatic carbocycles. The third-order valence-electron chi connectivity index (χ3n) is 4.94. The van der Waals surface area contributed by atoms with Gasteiger partial charge in [-0.15, -0.1) is 0 Å². The minimum atomic E-state index is -0.442. The second-order valence-corrected chi connectivity index (χ2v) is 6.65. The number of aliphatic imine (C=N–C) groups is 1. The lowest BCUT2D eigenvalue weighted by Crippen LogP contribution is -2.43. The van der Waals surface area contributed by atoms with Gasteiger partial charge in [0.1, 0.15) is 11.7 Å². The SMILES string of the molecule is Cc1cccc2c1C(C=Nc1ccc(N3CCNCC3)c(F)c1)C(=O)N2. The van der Waals surface area contributed by atoms with E-state index in [0.29, 0.717) is 11.4 Å². The number of carbonyl (C=O) groups excluding carboxylic acids is 1. The minimum Gasteiger partial charge on any atom is -0.367 e. The number of halogens is 1. The topological polar surface area (TPSA) is 56.7 Å². The average Bonchev–Trinajstić information content (AvgIpc) is 2.97. The molecule has 1 amide bonds. The summed E-state index contributed by atoms with van der Waals surface area (Å²) in [6, 6.07) is 10.8. The van der Waals surface area contributed by atoms with Gasteiger partial charge in [-0.3, -0.25) is 9.79 Å². The molecule has 0 bridgehead atoms. The molecule has 2 heterocycles. The fourth-order valence-corrected chi connectivity index (χ4v) is 3.59. The van der Waals surface area contributed by atoms with Crippen LogP contribution in [0.2, 0.25) is 0 Å². The number of carbonyl (C=O) groups is 1. The molecule has 2 aromatic rings. The molecule has 2 aromatic carbocycles. The van der Waals surface area contributed by atoms with Gasteiger partial charge in [-0.2, -0.15) is 0 Å². The molecule has 2 aliphatic rings. The van der Waals surface area contributed by atoms with Crippen LogP contribution in [0.5, 0.6) is 0 Å². The average molecular weight is 352 g/mol. The van der Waals surface area contributed by atoms with Crippen molar-refractivity contribution in [2.45, 2.75) is 12.8 Å². The van der Waals surface area contributed by atoms with Crippen molar-refractivity contribution in [2.75, 3.05) is 36.4 Å². The lowest BCUT2D eigenvalue weighted by molar-refractivity contribution is -0.115. The number of hydrogen-bond donors (Lipinski definition) is 2. The zero-order chi connectivity index (χ0) is 18.1. The van der Waals surface area contributed by atoms with Gasteiger partial charge in [0.05, 0.1) is 11.4 Å². The second-order valence-electron chi connectivity index (χ2n) is 6.65. The summed E-state index contributed by atoms with van der Waals surface area (Å²) in [6.07, 6.45) is 1.60. The highest BCUT2D eigenvalue weighted by molar-refractivity contribution is 6.13. The highest BCUT2D eigenvalue weighted by Crippen LogP contribution is 2.34. The summed E-state index contributed by atoms with van der Waals surface area (Å²) in [5.74, 6) is -0.827. The van der Waals surface area contributed by atoms with Crippen molar-refractivity contribution in [1.82, 2.24) is 5.32 Å². The Morgan fingerprint density at radius 3 is 2.81 bits per heavy atom. The fraction of sp³-hybridized carbons (Fsp3) is 0.300. The first-order valence-corrected chi connectivity index (χ1v) is 8.83.